The smallest absolute Gasteiger partial charge is 0.425 e. The van der Waals surface area contributed by atoms with Gasteiger partial charge >= 0.3 is 12.1 Å². The van der Waals surface area contributed by atoms with Gasteiger partial charge in [-0.3, -0.25) is 14.9 Å². The summed E-state index contributed by atoms with van der Waals surface area (Å²) in [6, 6.07) is 4.64. The molecular weight excluding hydrogens is 339 g/mol. The van der Waals surface area contributed by atoms with Crippen molar-refractivity contribution in [2.75, 3.05) is 5.32 Å². The van der Waals surface area contributed by atoms with E-state index in [1.165, 1.54) is 13.1 Å². The van der Waals surface area contributed by atoms with Gasteiger partial charge in [0.15, 0.2) is 5.69 Å². The lowest BCUT2D eigenvalue weighted by Gasteiger charge is -2.12. The van der Waals surface area contributed by atoms with Crippen molar-refractivity contribution in [3.63, 3.8) is 0 Å². The first-order valence-corrected chi connectivity index (χ1v) is 7.35. The number of hydrogen-bond acceptors (Lipinski definition) is 4. The summed E-state index contributed by atoms with van der Waals surface area (Å²) < 4.78 is 44.3. The van der Waals surface area contributed by atoms with Crippen molar-refractivity contribution in [2.45, 2.75) is 26.4 Å². The third-order valence-corrected chi connectivity index (χ3v) is 3.35. The fourth-order valence-corrected chi connectivity index (χ4v) is 2.04. The Balaban J connectivity index is 2.32. The maximum Gasteiger partial charge on any atom is 0.434 e. The molecule has 0 unspecified atom stereocenters. The Bertz CT molecular complexity index is 813. The second-order valence-corrected chi connectivity index (χ2v) is 5.29. The van der Waals surface area contributed by atoms with Gasteiger partial charge in [0, 0.05) is 19.7 Å². The highest BCUT2D eigenvalue weighted by molar-refractivity contribution is 6.06. The number of nitrogens with one attached hydrogen (secondary N) is 1. The van der Waals surface area contributed by atoms with Crippen LogP contribution in [-0.4, -0.2) is 21.4 Å². The predicted octanol–water partition coefficient (Wildman–Crippen LogP) is 3.32. The molecule has 1 amide bonds. The van der Waals surface area contributed by atoms with E-state index < -0.39 is 23.7 Å². The predicted molar refractivity (Wildman–Crippen MR) is 83.3 cm³/mol. The van der Waals surface area contributed by atoms with Gasteiger partial charge in [0.2, 0.25) is 5.95 Å². The van der Waals surface area contributed by atoms with E-state index in [2.05, 4.69) is 10.3 Å². The van der Waals surface area contributed by atoms with E-state index in [4.69, 9.17) is 4.74 Å². The van der Waals surface area contributed by atoms with Crippen LogP contribution in [0.2, 0.25) is 0 Å². The molecule has 0 atom stereocenters. The van der Waals surface area contributed by atoms with Gasteiger partial charge in [0.1, 0.15) is 5.75 Å². The van der Waals surface area contributed by atoms with Crippen molar-refractivity contribution in [1.82, 2.24) is 9.55 Å². The molecule has 0 saturated heterocycles. The number of alkyl halides is 3. The lowest BCUT2D eigenvalue weighted by molar-refractivity contribution is -0.141. The van der Waals surface area contributed by atoms with E-state index in [1.54, 1.807) is 26.0 Å². The number of para-hydroxylation sites is 1. The molecule has 1 N–H and O–H groups in total. The van der Waals surface area contributed by atoms with Crippen LogP contribution in [0.15, 0.2) is 24.4 Å². The molecule has 1 aromatic heterocycles. The van der Waals surface area contributed by atoms with Crippen LogP contribution in [-0.2, 0) is 18.0 Å². The SMILES string of the molecule is CCC(=O)Oc1c(C)cccc1C(=O)Nc1nc(C(F)(F)F)cn1C. The molecule has 1 heterocycles. The van der Waals surface area contributed by atoms with Crippen LogP contribution < -0.4 is 10.1 Å². The van der Waals surface area contributed by atoms with Gasteiger partial charge in [-0.2, -0.15) is 13.2 Å². The van der Waals surface area contributed by atoms with Gasteiger partial charge in [-0.25, -0.2) is 4.98 Å². The minimum atomic E-state index is -4.62. The molecule has 0 radical (unpaired) electrons. The Labute approximate surface area is 141 Å². The lowest BCUT2D eigenvalue weighted by Crippen LogP contribution is -2.18. The molecule has 0 aliphatic heterocycles. The summed E-state index contributed by atoms with van der Waals surface area (Å²) in [7, 11) is 1.33. The van der Waals surface area contributed by atoms with Gasteiger partial charge in [-0.15, -0.1) is 0 Å². The van der Waals surface area contributed by atoms with Gasteiger partial charge in [0.05, 0.1) is 5.56 Å². The van der Waals surface area contributed by atoms with Crippen molar-refractivity contribution in [3.8, 4) is 5.75 Å². The molecule has 2 rings (SSSR count). The zero-order valence-electron chi connectivity index (χ0n) is 13.8. The highest BCUT2D eigenvalue weighted by Crippen LogP contribution is 2.30. The molecule has 1 aromatic carbocycles. The lowest BCUT2D eigenvalue weighted by atomic mass is 10.1. The third kappa shape index (κ3) is 4.17. The van der Waals surface area contributed by atoms with Crippen LogP contribution in [0.5, 0.6) is 5.75 Å². The fourth-order valence-electron chi connectivity index (χ4n) is 2.04. The second kappa shape index (κ2) is 6.96. The van der Waals surface area contributed by atoms with Gasteiger partial charge in [-0.05, 0) is 18.6 Å². The quantitative estimate of drug-likeness (QED) is 0.675. The number of anilines is 1. The van der Waals surface area contributed by atoms with Crippen molar-refractivity contribution in [1.29, 1.82) is 0 Å². The number of ether oxygens (including phenoxy) is 1. The summed E-state index contributed by atoms with van der Waals surface area (Å²) in [6.45, 7) is 3.25. The maximum absolute atomic E-state index is 12.7. The number of imidazole rings is 1. The van der Waals surface area contributed by atoms with E-state index in [0.717, 1.165) is 10.8 Å². The van der Waals surface area contributed by atoms with E-state index >= 15 is 0 Å². The summed E-state index contributed by atoms with van der Waals surface area (Å²) >= 11 is 0. The Hall–Kier alpha value is -2.84. The second-order valence-electron chi connectivity index (χ2n) is 5.29. The van der Waals surface area contributed by atoms with Crippen molar-refractivity contribution >= 4 is 17.8 Å². The minimum absolute atomic E-state index is 0.0263. The first-order valence-electron chi connectivity index (χ1n) is 7.35. The van der Waals surface area contributed by atoms with E-state index in [1.807, 2.05) is 0 Å². The number of carbonyl (C=O) groups is 2. The van der Waals surface area contributed by atoms with Gasteiger partial charge in [0.25, 0.3) is 5.91 Å². The number of nitrogens with zero attached hydrogens (tertiary/aromatic N) is 2. The average Bonchev–Trinajstić information content (AvgIpc) is 2.90. The molecule has 2 aromatic rings. The number of rotatable bonds is 4. The van der Waals surface area contributed by atoms with Gasteiger partial charge < -0.3 is 9.30 Å². The fraction of sp³-hybridized carbons (Fsp3) is 0.312. The topological polar surface area (TPSA) is 73.2 Å². The largest absolute Gasteiger partial charge is 0.434 e. The number of aryl methyl sites for hydroxylation is 2. The van der Waals surface area contributed by atoms with Crippen LogP contribution in [0.1, 0.15) is 35.0 Å². The number of hydrogen-bond donors (Lipinski definition) is 1. The molecule has 0 fully saturated rings. The number of esters is 1. The highest BCUT2D eigenvalue weighted by Gasteiger charge is 2.34. The molecular formula is C16H16F3N3O3. The Morgan fingerprint density at radius 2 is 2.00 bits per heavy atom. The molecule has 6 nitrogen and oxygen atoms in total. The summed E-state index contributed by atoms with van der Waals surface area (Å²) in [5.74, 6) is -1.46. The van der Waals surface area contributed by atoms with Crippen LogP contribution >= 0.6 is 0 Å². The van der Waals surface area contributed by atoms with Crippen LogP contribution in [0.3, 0.4) is 0 Å². The third-order valence-electron chi connectivity index (χ3n) is 3.35. The highest BCUT2D eigenvalue weighted by atomic mass is 19.4. The zero-order chi connectivity index (χ0) is 18.8. The Kier molecular flexibility index (Phi) is 5.15. The molecule has 25 heavy (non-hydrogen) atoms. The standard InChI is InChI=1S/C16H16F3N3O3/c1-4-12(23)25-13-9(2)6-5-7-10(13)14(24)21-15-20-11(8-22(15)3)16(17,18)19/h5-8H,4H2,1-3H3,(H,20,21,24). The minimum Gasteiger partial charge on any atom is -0.425 e. The van der Waals surface area contributed by atoms with E-state index in [0.29, 0.717) is 5.56 Å². The molecule has 0 aliphatic rings. The van der Waals surface area contributed by atoms with E-state index in [-0.39, 0.29) is 23.7 Å². The Morgan fingerprint density at radius 3 is 2.56 bits per heavy atom. The summed E-state index contributed by atoms with van der Waals surface area (Å²) in [6.07, 6.45) is -3.74. The first kappa shape index (κ1) is 18.5. The Morgan fingerprint density at radius 1 is 1.32 bits per heavy atom. The average molecular weight is 355 g/mol. The maximum atomic E-state index is 12.7. The van der Waals surface area contributed by atoms with Crippen molar-refractivity contribution < 1.29 is 27.5 Å². The number of benzene rings is 1. The molecule has 134 valence electrons. The molecule has 0 bridgehead atoms. The first-order chi connectivity index (χ1) is 11.6. The monoisotopic (exact) mass is 355 g/mol. The summed E-state index contributed by atoms with van der Waals surface area (Å²) in [4.78, 5) is 27.3. The number of carbonyl (C=O) groups excluding carboxylic acids is 2. The molecule has 9 heteroatoms. The number of aromatic nitrogens is 2. The van der Waals surface area contributed by atoms with Crippen molar-refractivity contribution in [3.05, 3.63) is 41.2 Å². The number of halogens is 3. The van der Waals surface area contributed by atoms with Crippen LogP contribution in [0.4, 0.5) is 19.1 Å². The normalized spacial score (nSPS) is 11.3. The van der Waals surface area contributed by atoms with Crippen molar-refractivity contribution in [2.24, 2.45) is 7.05 Å². The molecule has 0 aliphatic carbocycles. The molecule has 0 spiro atoms. The number of amides is 1. The summed E-state index contributed by atoms with van der Waals surface area (Å²) in [5.41, 5.74) is -0.546. The van der Waals surface area contributed by atoms with E-state index in [9.17, 15) is 22.8 Å². The molecule has 0 saturated carbocycles. The van der Waals surface area contributed by atoms with Crippen LogP contribution in [0, 0.1) is 6.92 Å². The van der Waals surface area contributed by atoms with Gasteiger partial charge in [-0.1, -0.05) is 19.1 Å². The zero-order valence-corrected chi connectivity index (χ0v) is 13.8. The van der Waals surface area contributed by atoms with Crippen LogP contribution in [0.25, 0.3) is 0 Å². The summed E-state index contributed by atoms with van der Waals surface area (Å²) in [5, 5.41) is 2.30.